The predicted molar refractivity (Wildman–Crippen MR) is 44.4 cm³/mol. The third kappa shape index (κ3) is 1.17. The maximum Gasteiger partial charge on any atom is 0.165 e. The van der Waals surface area contributed by atoms with Gasteiger partial charge in [0.2, 0.25) is 0 Å². The first-order valence-electron chi connectivity index (χ1n) is 4.64. The lowest BCUT2D eigenvalue weighted by atomic mass is 9.99. The number of fused-ring (bicyclic) bond motifs is 2. The summed E-state index contributed by atoms with van der Waals surface area (Å²) in [6, 6.07) is 0.460. The number of carbonyl (C=O) groups is 1. The molecule has 0 spiro atoms. The van der Waals surface area contributed by atoms with Crippen LogP contribution >= 0.6 is 0 Å². The highest BCUT2D eigenvalue weighted by molar-refractivity contribution is 5.84. The standard InChI is InChI=1S/C9H15NO2/c1-6(2)7-5-9-8(11)3-4-10(7)12-9/h6-7,9H,3-5H2,1-2H3/t7-,9-/m1/s1. The lowest BCUT2D eigenvalue weighted by molar-refractivity contribution is -0.192. The molecule has 0 aromatic heterocycles. The normalized spacial score (nSPS) is 40.9. The molecule has 0 N–H and O–H groups in total. The molecule has 2 heterocycles. The highest BCUT2D eigenvalue weighted by Crippen LogP contribution is 2.31. The van der Waals surface area contributed by atoms with Crippen molar-refractivity contribution < 1.29 is 9.63 Å². The second-order valence-electron chi connectivity index (χ2n) is 4.00. The van der Waals surface area contributed by atoms with E-state index >= 15 is 0 Å². The topological polar surface area (TPSA) is 29.5 Å². The van der Waals surface area contributed by atoms with Crippen molar-refractivity contribution in [1.82, 2.24) is 5.06 Å². The van der Waals surface area contributed by atoms with Gasteiger partial charge in [-0.15, -0.1) is 0 Å². The smallest absolute Gasteiger partial charge is 0.165 e. The summed E-state index contributed by atoms with van der Waals surface area (Å²) in [6.45, 7) is 5.15. The Balaban J connectivity index is 2.10. The number of hydrogen-bond donors (Lipinski definition) is 0. The molecule has 0 aromatic carbocycles. The molecule has 68 valence electrons. The Kier molecular flexibility index (Phi) is 1.93. The number of ketones is 1. The van der Waals surface area contributed by atoms with Gasteiger partial charge < -0.3 is 0 Å². The van der Waals surface area contributed by atoms with Gasteiger partial charge in [-0.1, -0.05) is 13.8 Å². The zero-order valence-corrected chi connectivity index (χ0v) is 7.62. The fraction of sp³-hybridized carbons (Fsp3) is 0.889. The van der Waals surface area contributed by atoms with E-state index < -0.39 is 0 Å². The number of hydroxylamine groups is 2. The Morgan fingerprint density at radius 1 is 1.58 bits per heavy atom. The molecule has 3 heteroatoms. The summed E-state index contributed by atoms with van der Waals surface area (Å²) in [5.74, 6) is 0.871. The SMILES string of the molecule is CC(C)[C@H]1C[C@H]2ON1CCC2=O. The molecule has 0 aliphatic carbocycles. The molecule has 2 rings (SSSR count). The van der Waals surface area contributed by atoms with E-state index in [0.717, 1.165) is 13.0 Å². The molecular formula is C9H15NO2. The lowest BCUT2D eigenvalue weighted by Gasteiger charge is -2.26. The Bertz CT molecular complexity index is 203. The van der Waals surface area contributed by atoms with Crippen LogP contribution in [0.3, 0.4) is 0 Å². The third-order valence-corrected chi connectivity index (χ3v) is 2.80. The molecule has 3 nitrogen and oxygen atoms in total. The minimum Gasteiger partial charge on any atom is -0.297 e. The van der Waals surface area contributed by atoms with Gasteiger partial charge >= 0.3 is 0 Å². The first-order valence-corrected chi connectivity index (χ1v) is 4.64. The van der Waals surface area contributed by atoms with Crippen molar-refractivity contribution in [3.8, 4) is 0 Å². The van der Waals surface area contributed by atoms with Crippen molar-refractivity contribution in [3.63, 3.8) is 0 Å². The number of nitrogens with zero attached hydrogens (tertiary/aromatic N) is 1. The van der Waals surface area contributed by atoms with Crippen LogP contribution < -0.4 is 0 Å². The van der Waals surface area contributed by atoms with Gasteiger partial charge in [0.05, 0.1) is 0 Å². The van der Waals surface area contributed by atoms with E-state index in [1.54, 1.807) is 0 Å². The molecular weight excluding hydrogens is 154 g/mol. The molecule has 2 aliphatic rings. The lowest BCUT2D eigenvalue weighted by Crippen LogP contribution is -2.37. The molecule has 2 aliphatic heterocycles. The van der Waals surface area contributed by atoms with Gasteiger partial charge in [0.15, 0.2) is 5.78 Å². The van der Waals surface area contributed by atoms with Gasteiger partial charge in [0, 0.05) is 25.4 Å². The summed E-state index contributed by atoms with van der Waals surface area (Å²) in [5, 5.41) is 2.00. The van der Waals surface area contributed by atoms with Crippen LogP contribution in [0.2, 0.25) is 0 Å². The van der Waals surface area contributed by atoms with Crippen molar-refractivity contribution in [2.24, 2.45) is 5.92 Å². The number of Topliss-reactive ketones (excluding diaryl/α,β-unsaturated/α-hetero) is 1. The summed E-state index contributed by atoms with van der Waals surface area (Å²) in [5.41, 5.74) is 0. The Hall–Kier alpha value is -0.410. The van der Waals surface area contributed by atoms with Gasteiger partial charge in [0.1, 0.15) is 6.10 Å². The van der Waals surface area contributed by atoms with Crippen LogP contribution in [0.25, 0.3) is 0 Å². The molecule has 1 unspecified atom stereocenters. The fourth-order valence-electron chi connectivity index (χ4n) is 2.02. The van der Waals surface area contributed by atoms with Crippen LogP contribution in [0.5, 0.6) is 0 Å². The zero-order valence-electron chi connectivity index (χ0n) is 7.62. The summed E-state index contributed by atoms with van der Waals surface area (Å²) in [4.78, 5) is 16.7. The first-order chi connectivity index (χ1) is 5.68. The van der Waals surface area contributed by atoms with E-state index in [0.29, 0.717) is 18.4 Å². The summed E-state index contributed by atoms with van der Waals surface area (Å²) >= 11 is 0. The number of carbonyl (C=O) groups excluding carboxylic acids is 1. The minimum atomic E-state index is -0.119. The van der Waals surface area contributed by atoms with E-state index in [-0.39, 0.29) is 11.9 Å². The molecule has 0 radical (unpaired) electrons. The summed E-state index contributed by atoms with van der Waals surface area (Å²) in [6.07, 6.45) is 1.45. The average Bonchev–Trinajstić information content (AvgIpc) is 2.37. The number of hydrogen-bond acceptors (Lipinski definition) is 3. The van der Waals surface area contributed by atoms with E-state index in [1.807, 2.05) is 5.06 Å². The Morgan fingerprint density at radius 2 is 2.33 bits per heavy atom. The Morgan fingerprint density at radius 3 is 2.92 bits per heavy atom. The highest BCUT2D eigenvalue weighted by Gasteiger charge is 2.42. The summed E-state index contributed by atoms with van der Waals surface area (Å²) < 4.78 is 0. The maximum atomic E-state index is 11.3. The molecule has 12 heavy (non-hydrogen) atoms. The molecule has 0 aromatic rings. The van der Waals surface area contributed by atoms with Gasteiger partial charge in [-0.3, -0.25) is 9.63 Å². The third-order valence-electron chi connectivity index (χ3n) is 2.80. The van der Waals surface area contributed by atoms with Crippen LogP contribution in [-0.4, -0.2) is 29.5 Å². The predicted octanol–water partition coefficient (Wildman–Crippen LogP) is 0.990. The second-order valence-corrected chi connectivity index (χ2v) is 4.00. The van der Waals surface area contributed by atoms with Crippen LogP contribution in [0.1, 0.15) is 26.7 Å². The van der Waals surface area contributed by atoms with E-state index in [2.05, 4.69) is 13.8 Å². The van der Waals surface area contributed by atoms with E-state index in [4.69, 9.17) is 4.84 Å². The van der Waals surface area contributed by atoms with Crippen LogP contribution in [-0.2, 0) is 9.63 Å². The maximum absolute atomic E-state index is 11.3. The first kappa shape index (κ1) is 8.20. The fourth-order valence-corrected chi connectivity index (χ4v) is 2.02. The minimum absolute atomic E-state index is 0.119. The highest BCUT2D eigenvalue weighted by atomic mass is 16.7. The Labute approximate surface area is 72.6 Å². The van der Waals surface area contributed by atoms with Crippen LogP contribution in [0.4, 0.5) is 0 Å². The van der Waals surface area contributed by atoms with Crippen molar-refractivity contribution in [2.75, 3.05) is 6.54 Å². The van der Waals surface area contributed by atoms with E-state index in [1.165, 1.54) is 0 Å². The van der Waals surface area contributed by atoms with Crippen molar-refractivity contribution >= 4 is 5.78 Å². The van der Waals surface area contributed by atoms with Crippen LogP contribution in [0.15, 0.2) is 0 Å². The van der Waals surface area contributed by atoms with Gasteiger partial charge in [-0.05, 0) is 5.92 Å². The monoisotopic (exact) mass is 169 g/mol. The second kappa shape index (κ2) is 2.82. The quantitative estimate of drug-likeness (QED) is 0.586. The molecule has 2 fully saturated rings. The molecule has 3 atom stereocenters. The number of rotatable bonds is 1. The molecule has 2 saturated heterocycles. The van der Waals surface area contributed by atoms with Gasteiger partial charge in [-0.2, -0.15) is 5.06 Å². The van der Waals surface area contributed by atoms with Crippen molar-refractivity contribution in [1.29, 1.82) is 0 Å². The van der Waals surface area contributed by atoms with Crippen molar-refractivity contribution in [3.05, 3.63) is 0 Å². The van der Waals surface area contributed by atoms with Crippen molar-refractivity contribution in [2.45, 2.75) is 38.8 Å². The largest absolute Gasteiger partial charge is 0.297 e. The van der Waals surface area contributed by atoms with Crippen LogP contribution in [0, 0.1) is 5.92 Å². The van der Waals surface area contributed by atoms with E-state index in [9.17, 15) is 4.79 Å². The average molecular weight is 169 g/mol. The summed E-state index contributed by atoms with van der Waals surface area (Å²) in [7, 11) is 0. The molecule has 0 amide bonds. The zero-order chi connectivity index (χ0) is 8.72. The van der Waals surface area contributed by atoms with Gasteiger partial charge in [0.25, 0.3) is 0 Å². The molecule has 2 bridgehead atoms. The molecule has 0 saturated carbocycles. The van der Waals surface area contributed by atoms with Gasteiger partial charge in [-0.25, -0.2) is 0 Å².